The summed E-state index contributed by atoms with van der Waals surface area (Å²) in [5.74, 6) is 1.09. The monoisotopic (exact) mass is 218 g/mol. The second kappa shape index (κ2) is 4.07. The van der Waals surface area contributed by atoms with E-state index in [1.165, 1.54) is 11.1 Å². The van der Waals surface area contributed by atoms with Gasteiger partial charge >= 0.3 is 0 Å². The Morgan fingerprint density at radius 3 is 3.12 bits per heavy atom. The topological polar surface area (TPSA) is 24.5 Å². The quantitative estimate of drug-likeness (QED) is 0.811. The van der Waals surface area contributed by atoms with Gasteiger partial charge in [0.1, 0.15) is 11.9 Å². The zero-order chi connectivity index (χ0) is 11.0. The minimum atomic E-state index is 0.372. The van der Waals surface area contributed by atoms with Crippen molar-refractivity contribution < 1.29 is 4.74 Å². The maximum absolute atomic E-state index is 6.11. The van der Waals surface area contributed by atoms with Crippen molar-refractivity contribution >= 4 is 0 Å². The van der Waals surface area contributed by atoms with Gasteiger partial charge in [0.15, 0.2) is 0 Å². The fraction of sp³-hybridized carbons (Fsp3) is 0.538. The molecular formula is C13H18N2O. The van der Waals surface area contributed by atoms with Crippen molar-refractivity contribution in [2.75, 3.05) is 20.1 Å². The van der Waals surface area contributed by atoms with Crippen LogP contribution >= 0.6 is 0 Å². The molecule has 3 rings (SSSR count). The average Bonchev–Trinajstić information content (AvgIpc) is 2.87. The van der Waals surface area contributed by atoms with Gasteiger partial charge in [-0.15, -0.1) is 0 Å². The van der Waals surface area contributed by atoms with E-state index in [4.69, 9.17) is 4.74 Å². The molecule has 2 aliphatic heterocycles. The van der Waals surface area contributed by atoms with Crippen LogP contribution < -0.4 is 10.1 Å². The van der Waals surface area contributed by atoms with Gasteiger partial charge in [-0.1, -0.05) is 12.1 Å². The first kappa shape index (κ1) is 10.1. The first-order valence-corrected chi connectivity index (χ1v) is 5.99. The Kier molecular flexibility index (Phi) is 2.58. The number of nitrogens with one attached hydrogen (secondary N) is 1. The number of hydrogen-bond donors (Lipinski definition) is 1. The van der Waals surface area contributed by atoms with E-state index < -0.39 is 0 Å². The van der Waals surface area contributed by atoms with Crippen LogP contribution in [0.3, 0.4) is 0 Å². The fourth-order valence-corrected chi connectivity index (χ4v) is 2.58. The first-order chi connectivity index (χ1) is 7.83. The maximum atomic E-state index is 6.11. The Morgan fingerprint density at radius 1 is 1.38 bits per heavy atom. The fourth-order valence-electron chi connectivity index (χ4n) is 2.58. The van der Waals surface area contributed by atoms with E-state index in [9.17, 15) is 0 Å². The summed E-state index contributed by atoms with van der Waals surface area (Å²) in [7, 11) is 2.15. The Labute approximate surface area is 96.4 Å². The highest BCUT2D eigenvalue weighted by molar-refractivity contribution is 5.42. The molecule has 0 saturated carbocycles. The number of likely N-dealkylation sites (tertiary alicyclic amines) is 1. The van der Waals surface area contributed by atoms with Crippen LogP contribution in [0.25, 0.3) is 0 Å². The predicted octanol–water partition coefficient (Wildman–Crippen LogP) is 1.37. The summed E-state index contributed by atoms with van der Waals surface area (Å²) in [4.78, 5) is 2.33. The second-order valence-corrected chi connectivity index (χ2v) is 4.79. The molecule has 0 radical (unpaired) electrons. The van der Waals surface area contributed by atoms with Crippen molar-refractivity contribution in [1.29, 1.82) is 0 Å². The van der Waals surface area contributed by atoms with Crippen LogP contribution in [0.2, 0.25) is 0 Å². The van der Waals surface area contributed by atoms with E-state index in [0.29, 0.717) is 6.10 Å². The molecule has 1 atom stereocenters. The molecule has 1 unspecified atom stereocenters. The Morgan fingerprint density at radius 2 is 2.31 bits per heavy atom. The first-order valence-electron chi connectivity index (χ1n) is 5.99. The highest BCUT2D eigenvalue weighted by Gasteiger charge is 2.23. The van der Waals surface area contributed by atoms with E-state index in [2.05, 4.69) is 35.5 Å². The van der Waals surface area contributed by atoms with Crippen LogP contribution in [0, 0.1) is 0 Å². The minimum Gasteiger partial charge on any atom is -0.489 e. The van der Waals surface area contributed by atoms with Crippen molar-refractivity contribution in [1.82, 2.24) is 10.2 Å². The smallest absolute Gasteiger partial charge is 0.124 e. The number of hydrogen-bond acceptors (Lipinski definition) is 3. The zero-order valence-corrected chi connectivity index (χ0v) is 9.70. The van der Waals surface area contributed by atoms with Crippen molar-refractivity contribution in [2.24, 2.45) is 0 Å². The lowest BCUT2D eigenvalue weighted by Gasteiger charge is -2.16. The molecule has 1 N–H and O–H groups in total. The van der Waals surface area contributed by atoms with Gasteiger partial charge in [-0.05, 0) is 25.1 Å². The number of rotatable bonds is 2. The number of fused-ring (bicyclic) bond motifs is 1. The van der Waals surface area contributed by atoms with Gasteiger partial charge in [-0.25, -0.2) is 0 Å². The number of benzene rings is 1. The summed E-state index contributed by atoms with van der Waals surface area (Å²) in [5, 5.41) is 3.37. The lowest BCUT2D eigenvalue weighted by atomic mass is 10.1. The third kappa shape index (κ3) is 1.81. The van der Waals surface area contributed by atoms with Gasteiger partial charge < -0.3 is 15.0 Å². The molecule has 1 fully saturated rings. The highest BCUT2D eigenvalue weighted by Crippen LogP contribution is 2.28. The standard InChI is InChI=1S/C13H18N2O/c1-15-6-5-11(9-15)16-13-4-2-3-10-7-14-8-12(10)13/h2-4,11,14H,5-9H2,1H3. The average molecular weight is 218 g/mol. The SMILES string of the molecule is CN1CCC(Oc2cccc3c2CNC3)C1. The molecule has 0 amide bonds. The van der Waals surface area contributed by atoms with Crippen molar-refractivity contribution in [2.45, 2.75) is 25.6 Å². The van der Waals surface area contributed by atoms with Crippen LogP contribution in [0.15, 0.2) is 18.2 Å². The highest BCUT2D eigenvalue weighted by atomic mass is 16.5. The number of likely N-dealkylation sites (N-methyl/N-ethyl adjacent to an activating group) is 1. The third-order valence-corrected chi connectivity index (χ3v) is 3.49. The van der Waals surface area contributed by atoms with Crippen LogP contribution in [-0.2, 0) is 13.1 Å². The normalized spacial score (nSPS) is 24.7. The summed E-state index contributed by atoms with van der Waals surface area (Å²) >= 11 is 0. The molecule has 1 aromatic carbocycles. The molecule has 0 aromatic heterocycles. The van der Waals surface area contributed by atoms with E-state index in [-0.39, 0.29) is 0 Å². The molecule has 2 aliphatic rings. The minimum absolute atomic E-state index is 0.372. The molecule has 0 aliphatic carbocycles. The van der Waals surface area contributed by atoms with E-state index >= 15 is 0 Å². The molecule has 86 valence electrons. The lowest BCUT2D eigenvalue weighted by Crippen LogP contribution is -2.21. The third-order valence-electron chi connectivity index (χ3n) is 3.49. The summed E-state index contributed by atoms with van der Waals surface area (Å²) in [6, 6.07) is 6.38. The van der Waals surface area contributed by atoms with Crippen molar-refractivity contribution in [3.8, 4) is 5.75 Å². The van der Waals surface area contributed by atoms with Gasteiger partial charge in [-0.3, -0.25) is 0 Å². The molecule has 3 heteroatoms. The maximum Gasteiger partial charge on any atom is 0.124 e. The summed E-state index contributed by atoms with van der Waals surface area (Å²) < 4.78 is 6.11. The summed E-state index contributed by atoms with van der Waals surface area (Å²) in [6.45, 7) is 4.14. The van der Waals surface area contributed by atoms with Crippen LogP contribution in [-0.4, -0.2) is 31.1 Å². The van der Waals surface area contributed by atoms with Gasteiger partial charge in [-0.2, -0.15) is 0 Å². The number of nitrogens with zero attached hydrogens (tertiary/aromatic N) is 1. The van der Waals surface area contributed by atoms with Crippen molar-refractivity contribution in [3.05, 3.63) is 29.3 Å². The second-order valence-electron chi connectivity index (χ2n) is 4.79. The lowest BCUT2D eigenvalue weighted by molar-refractivity contribution is 0.206. The van der Waals surface area contributed by atoms with Gasteiger partial charge in [0, 0.05) is 31.7 Å². The molecule has 0 spiro atoms. The molecule has 1 saturated heterocycles. The Bertz CT molecular complexity index is 392. The van der Waals surface area contributed by atoms with E-state index in [0.717, 1.165) is 38.3 Å². The molecule has 16 heavy (non-hydrogen) atoms. The molecule has 0 bridgehead atoms. The molecule has 1 aromatic rings. The molecular weight excluding hydrogens is 200 g/mol. The summed E-state index contributed by atoms with van der Waals surface area (Å²) in [5.41, 5.74) is 2.75. The Hall–Kier alpha value is -1.06. The van der Waals surface area contributed by atoms with Crippen LogP contribution in [0.1, 0.15) is 17.5 Å². The number of ether oxygens (including phenoxy) is 1. The van der Waals surface area contributed by atoms with Crippen LogP contribution in [0.5, 0.6) is 5.75 Å². The van der Waals surface area contributed by atoms with Crippen molar-refractivity contribution in [3.63, 3.8) is 0 Å². The molecule has 3 nitrogen and oxygen atoms in total. The van der Waals surface area contributed by atoms with E-state index in [1.54, 1.807) is 0 Å². The van der Waals surface area contributed by atoms with Gasteiger partial charge in [0.2, 0.25) is 0 Å². The largest absolute Gasteiger partial charge is 0.489 e. The summed E-state index contributed by atoms with van der Waals surface area (Å²) in [6.07, 6.45) is 1.52. The Balaban J connectivity index is 1.77. The predicted molar refractivity (Wildman–Crippen MR) is 63.5 cm³/mol. The van der Waals surface area contributed by atoms with Crippen LogP contribution in [0.4, 0.5) is 0 Å². The molecule has 2 heterocycles. The van der Waals surface area contributed by atoms with Gasteiger partial charge in [0.25, 0.3) is 0 Å². The van der Waals surface area contributed by atoms with E-state index in [1.807, 2.05) is 0 Å². The zero-order valence-electron chi connectivity index (χ0n) is 9.70. The van der Waals surface area contributed by atoms with Gasteiger partial charge in [0.05, 0.1) is 0 Å².